The molecule has 78 valence electrons. The fraction of sp³-hybridized carbons (Fsp3) is 0.250. The van der Waals surface area contributed by atoms with E-state index in [1.54, 1.807) is 0 Å². The quantitative estimate of drug-likeness (QED) is 0.597. The predicted octanol–water partition coefficient (Wildman–Crippen LogP) is 0.882. The number of hydrogen-bond donors (Lipinski definition) is 4. The summed E-state index contributed by atoms with van der Waals surface area (Å²) in [5, 5.41) is 27.2. The van der Waals surface area contributed by atoms with E-state index in [0.29, 0.717) is 0 Å². The molecule has 0 aliphatic carbocycles. The number of phenolic OH excluding ortho intramolecular Hbond substituents is 2. The molecular weight excluding hydrogens is 213 g/mol. The number of aliphatic hydroxyl groups excluding tert-OH is 1. The lowest BCUT2D eigenvalue weighted by Gasteiger charge is -2.12. The second kappa shape index (κ2) is 4.00. The van der Waals surface area contributed by atoms with Gasteiger partial charge in [-0.15, -0.1) is 0 Å². The van der Waals surface area contributed by atoms with Crippen LogP contribution in [0.1, 0.15) is 11.7 Å². The van der Waals surface area contributed by atoms with Crippen LogP contribution in [0, 0.1) is 5.82 Å². The maximum absolute atomic E-state index is 13.0. The minimum Gasteiger partial charge on any atom is -0.504 e. The van der Waals surface area contributed by atoms with Gasteiger partial charge in [-0.2, -0.15) is 4.39 Å². The first-order chi connectivity index (χ1) is 6.49. The van der Waals surface area contributed by atoms with Crippen molar-refractivity contribution in [2.45, 2.75) is 6.10 Å². The molecule has 0 amide bonds. The van der Waals surface area contributed by atoms with Crippen LogP contribution in [0.2, 0.25) is 5.02 Å². The van der Waals surface area contributed by atoms with Gasteiger partial charge in [-0.3, -0.25) is 0 Å². The summed E-state index contributed by atoms with van der Waals surface area (Å²) in [6, 6.07) is 1.06. The van der Waals surface area contributed by atoms with Gasteiger partial charge in [0.05, 0.1) is 11.1 Å². The third-order valence-corrected chi connectivity index (χ3v) is 2.07. The zero-order valence-electron chi connectivity index (χ0n) is 7.04. The molecule has 1 unspecified atom stereocenters. The van der Waals surface area contributed by atoms with E-state index in [4.69, 9.17) is 22.4 Å². The van der Waals surface area contributed by atoms with Crippen LogP contribution in [0.4, 0.5) is 4.39 Å². The van der Waals surface area contributed by atoms with Crippen LogP contribution >= 0.6 is 11.6 Å². The third kappa shape index (κ3) is 1.75. The lowest BCUT2D eigenvalue weighted by atomic mass is 10.1. The van der Waals surface area contributed by atoms with E-state index in [9.17, 15) is 14.6 Å². The van der Waals surface area contributed by atoms with Crippen molar-refractivity contribution in [1.82, 2.24) is 0 Å². The molecule has 0 spiro atoms. The van der Waals surface area contributed by atoms with E-state index in [1.165, 1.54) is 0 Å². The highest BCUT2D eigenvalue weighted by Crippen LogP contribution is 2.37. The van der Waals surface area contributed by atoms with Crippen LogP contribution in [0.5, 0.6) is 11.5 Å². The van der Waals surface area contributed by atoms with Gasteiger partial charge < -0.3 is 21.1 Å². The second-order valence-electron chi connectivity index (χ2n) is 2.71. The van der Waals surface area contributed by atoms with Crippen molar-refractivity contribution in [2.24, 2.45) is 5.73 Å². The van der Waals surface area contributed by atoms with Crippen molar-refractivity contribution in [3.63, 3.8) is 0 Å². The number of rotatable bonds is 2. The summed E-state index contributed by atoms with van der Waals surface area (Å²) in [4.78, 5) is 0. The predicted molar refractivity (Wildman–Crippen MR) is 48.8 cm³/mol. The van der Waals surface area contributed by atoms with E-state index in [2.05, 4.69) is 0 Å². The first-order valence-corrected chi connectivity index (χ1v) is 4.14. The Bertz CT molecular complexity index is 359. The van der Waals surface area contributed by atoms with Crippen molar-refractivity contribution in [3.8, 4) is 11.5 Å². The summed E-state index contributed by atoms with van der Waals surface area (Å²) in [6.07, 6.45) is -1.22. The number of aliphatic hydroxyl groups is 1. The average molecular weight is 222 g/mol. The number of benzene rings is 1. The van der Waals surface area contributed by atoms with Gasteiger partial charge in [0.15, 0.2) is 11.5 Å². The minimum absolute atomic E-state index is 0.146. The van der Waals surface area contributed by atoms with Crippen LogP contribution in [0.3, 0.4) is 0 Å². The monoisotopic (exact) mass is 221 g/mol. The molecule has 0 radical (unpaired) electrons. The fourth-order valence-corrected chi connectivity index (χ4v) is 1.20. The van der Waals surface area contributed by atoms with E-state index in [1.807, 2.05) is 0 Å². The van der Waals surface area contributed by atoms with Crippen LogP contribution in [-0.2, 0) is 0 Å². The Hall–Kier alpha value is -1.04. The summed E-state index contributed by atoms with van der Waals surface area (Å²) in [5.41, 5.74) is 4.98. The summed E-state index contributed by atoms with van der Waals surface area (Å²) in [5.74, 6) is -2.96. The largest absolute Gasteiger partial charge is 0.504 e. The number of phenols is 2. The molecule has 1 rings (SSSR count). The number of aromatic hydroxyl groups is 2. The summed E-state index contributed by atoms with van der Waals surface area (Å²) in [6.45, 7) is -0.186. The van der Waals surface area contributed by atoms with Crippen LogP contribution in [0.15, 0.2) is 6.07 Å². The maximum Gasteiger partial charge on any atom is 0.208 e. The van der Waals surface area contributed by atoms with Gasteiger partial charge >= 0.3 is 0 Å². The molecule has 6 heteroatoms. The molecule has 0 heterocycles. The van der Waals surface area contributed by atoms with Gasteiger partial charge in [-0.25, -0.2) is 0 Å². The van der Waals surface area contributed by atoms with Gasteiger partial charge in [0.1, 0.15) is 0 Å². The molecule has 1 aromatic carbocycles. The van der Waals surface area contributed by atoms with Crippen LogP contribution in [0.25, 0.3) is 0 Å². The molecule has 5 N–H and O–H groups in total. The highest BCUT2D eigenvalue weighted by Gasteiger charge is 2.20. The van der Waals surface area contributed by atoms with Crippen molar-refractivity contribution in [2.75, 3.05) is 6.54 Å². The second-order valence-corrected chi connectivity index (χ2v) is 3.12. The van der Waals surface area contributed by atoms with Crippen LogP contribution in [-0.4, -0.2) is 21.9 Å². The molecule has 0 saturated heterocycles. The third-order valence-electron chi connectivity index (χ3n) is 1.78. The van der Waals surface area contributed by atoms with Crippen molar-refractivity contribution in [1.29, 1.82) is 0 Å². The Kier molecular flexibility index (Phi) is 3.15. The summed E-state index contributed by atoms with van der Waals surface area (Å²) in [7, 11) is 0. The van der Waals surface area contributed by atoms with Crippen molar-refractivity contribution < 1.29 is 19.7 Å². The zero-order chi connectivity index (χ0) is 10.9. The number of hydrogen-bond acceptors (Lipinski definition) is 4. The summed E-state index contributed by atoms with van der Waals surface area (Å²) < 4.78 is 13.0. The Balaban J connectivity index is 3.33. The van der Waals surface area contributed by atoms with E-state index in [0.717, 1.165) is 6.07 Å². The Labute approximate surface area is 84.4 Å². The van der Waals surface area contributed by atoms with Gasteiger partial charge in [0.25, 0.3) is 0 Å². The minimum atomic E-state index is -1.26. The molecule has 0 aliphatic heterocycles. The number of halogens is 2. The summed E-state index contributed by atoms with van der Waals surface area (Å²) >= 11 is 5.44. The molecule has 1 aromatic rings. The SMILES string of the molecule is NCC(O)c1cc(Cl)c(O)c(F)c1O. The maximum atomic E-state index is 13.0. The van der Waals surface area contributed by atoms with E-state index in [-0.39, 0.29) is 17.1 Å². The lowest BCUT2D eigenvalue weighted by molar-refractivity contribution is 0.181. The molecular formula is C8H9ClFNO3. The highest BCUT2D eigenvalue weighted by atomic mass is 35.5. The smallest absolute Gasteiger partial charge is 0.208 e. The van der Waals surface area contributed by atoms with E-state index >= 15 is 0 Å². The topological polar surface area (TPSA) is 86.7 Å². The van der Waals surface area contributed by atoms with E-state index < -0.39 is 23.4 Å². The normalized spacial score (nSPS) is 12.9. The average Bonchev–Trinajstić information content (AvgIpc) is 2.19. The molecule has 0 aliphatic rings. The fourth-order valence-electron chi connectivity index (χ4n) is 0.998. The van der Waals surface area contributed by atoms with Gasteiger partial charge in [-0.1, -0.05) is 11.6 Å². The Morgan fingerprint density at radius 2 is 2.00 bits per heavy atom. The zero-order valence-corrected chi connectivity index (χ0v) is 7.79. The van der Waals surface area contributed by atoms with Crippen LogP contribution < -0.4 is 5.73 Å². The van der Waals surface area contributed by atoms with Gasteiger partial charge in [-0.05, 0) is 6.07 Å². The van der Waals surface area contributed by atoms with Gasteiger partial charge in [0.2, 0.25) is 5.82 Å². The number of nitrogens with two attached hydrogens (primary N) is 1. The highest BCUT2D eigenvalue weighted by molar-refractivity contribution is 6.32. The molecule has 0 saturated carbocycles. The molecule has 1 atom stereocenters. The van der Waals surface area contributed by atoms with Crippen molar-refractivity contribution >= 4 is 11.6 Å². The molecule has 0 aromatic heterocycles. The Morgan fingerprint density at radius 3 is 2.50 bits per heavy atom. The first kappa shape index (κ1) is 11.0. The Morgan fingerprint density at radius 1 is 1.43 bits per heavy atom. The van der Waals surface area contributed by atoms with Crippen molar-refractivity contribution in [3.05, 3.63) is 22.5 Å². The molecule has 4 nitrogen and oxygen atoms in total. The molecule has 0 bridgehead atoms. The molecule has 0 fully saturated rings. The standard InChI is InChI=1S/C8H9ClFNO3/c9-4-1-3(5(12)2-11)7(13)6(10)8(4)14/h1,5,12-14H,2,11H2. The lowest BCUT2D eigenvalue weighted by Crippen LogP contribution is -2.12. The molecule has 14 heavy (non-hydrogen) atoms. The van der Waals surface area contributed by atoms with Gasteiger partial charge in [0, 0.05) is 12.1 Å². The first-order valence-electron chi connectivity index (χ1n) is 3.77.